The van der Waals surface area contributed by atoms with E-state index in [0.717, 1.165) is 50.0 Å². The van der Waals surface area contributed by atoms with Crippen LogP contribution >= 0.6 is 0 Å². The molecule has 0 radical (unpaired) electrons. The summed E-state index contributed by atoms with van der Waals surface area (Å²) in [7, 11) is 0. The molecule has 0 atom stereocenters. The third-order valence-corrected chi connectivity index (χ3v) is 5.10. The van der Waals surface area contributed by atoms with Gasteiger partial charge in [0.15, 0.2) is 0 Å². The van der Waals surface area contributed by atoms with Crippen LogP contribution in [0.15, 0.2) is 29.4 Å². The lowest BCUT2D eigenvalue weighted by molar-refractivity contribution is -0.132. The van der Waals surface area contributed by atoms with E-state index in [9.17, 15) is 9.59 Å². The predicted molar refractivity (Wildman–Crippen MR) is 107 cm³/mol. The summed E-state index contributed by atoms with van der Waals surface area (Å²) in [6.45, 7) is 4.79. The number of carbonyl (C=O) groups is 2. The highest BCUT2D eigenvalue weighted by molar-refractivity contribution is 5.98. The second-order valence-electron chi connectivity index (χ2n) is 7.05. The standard InChI is InChI=1S/C20H30N4O4/c1-16(21-27)17-8-10-18(11-9-17)23-12-14-24(15-13-23)20(26)7-5-3-2-4-6-19(25)22-28/h8-11,27-28H,2-7,12-15H2,1H3,(H,22,25). The first kappa shape index (κ1) is 21.7. The lowest BCUT2D eigenvalue weighted by atomic mass is 10.1. The fourth-order valence-corrected chi connectivity index (χ4v) is 3.31. The number of hydroxylamine groups is 1. The number of hydrogen-bond acceptors (Lipinski definition) is 6. The van der Waals surface area contributed by atoms with Crippen LogP contribution in [0, 0.1) is 0 Å². The van der Waals surface area contributed by atoms with Crippen LogP contribution in [0.3, 0.4) is 0 Å². The quantitative estimate of drug-likeness (QED) is 0.197. The third-order valence-electron chi connectivity index (χ3n) is 5.10. The average molecular weight is 390 g/mol. The molecule has 1 heterocycles. The summed E-state index contributed by atoms with van der Waals surface area (Å²) >= 11 is 0. The Labute approximate surface area is 165 Å². The van der Waals surface area contributed by atoms with Crippen LogP contribution in [0.4, 0.5) is 5.69 Å². The van der Waals surface area contributed by atoms with Gasteiger partial charge in [-0.2, -0.15) is 0 Å². The lowest BCUT2D eigenvalue weighted by Gasteiger charge is -2.36. The van der Waals surface area contributed by atoms with E-state index in [1.807, 2.05) is 29.2 Å². The Kier molecular flexibility index (Phi) is 8.74. The van der Waals surface area contributed by atoms with Crippen LogP contribution in [-0.4, -0.2) is 59.0 Å². The van der Waals surface area contributed by atoms with Gasteiger partial charge >= 0.3 is 0 Å². The maximum atomic E-state index is 12.4. The molecule has 0 unspecified atom stereocenters. The molecule has 28 heavy (non-hydrogen) atoms. The van der Waals surface area contributed by atoms with Gasteiger partial charge in [0.05, 0.1) is 5.71 Å². The molecule has 0 bridgehead atoms. The number of piperazine rings is 1. The molecule has 1 aliphatic heterocycles. The number of nitrogens with one attached hydrogen (secondary N) is 1. The van der Waals surface area contributed by atoms with Gasteiger partial charge in [0.2, 0.25) is 11.8 Å². The molecular formula is C20H30N4O4. The zero-order chi connectivity index (χ0) is 20.4. The van der Waals surface area contributed by atoms with Gasteiger partial charge in [0, 0.05) is 44.7 Å². The van der Waals surface area contributed by atoms with Crippen LogP contribution in [-0.2, 0) is 9.59 Å². The topological polar surface area (TPSA) is 105 Å². The van der Waals surface area contributed by atoms with Crippen molar-refractivity contribution in [1.29, 1.82) is 0 Å². The number of benzene rings is 1. The Morgan fingerprint density at radius 1 is 1.00 bits per heavy atom. The van der Waals surface area contributed by atoms with Gasteiger partial charge in [-0.05, 0) is 37.5 Å². The molecule has 0 saturated carbocycles. The number of oxime groups is 1. The van der Waals surface area contributed by atoms with Crippen molar-refractivity contribution in [3.05, 3.63) is 29.8 Å². The first-order valence-electron chi connectivity index (χ1n) is 9.80. The summed E-state index contributed by atoms with van der Waals surface area (Å²) in [5.74, 6) is -0.168. The molecule has 1 fully saturated rings. The molecule has 2 amide bonds. The highest BCUT2D eigenvalue weighted by Crippen LogP contribution is 2.18. The molecule has 3 N–H and O–H groups in total. The van der Waals surface area contributed by atoms with Crippen molar-refractivity contribution in [2.24, 2.45) is 5.16 Å². The van der Waals surface area contributed by atoms with E-state index in [0.29, 0.717) is 31.6 Å². The van der Waals surface area contributed by atoms with Gasteiger partial charge < -0.3 is 15.0 Å². The van der Waals surface area contributed by atoms with E-state index in [1.54, 1.807) is 12.4 Å². The Balaban J connectivity index is 1.67. The Hall–Kier alpha value is -2.61. The Morgan fingerprint density at radius 2 is 1.61 bits per heavy atom. The van der Waals surface area contributed by atoms with Crippen LogP contribution in [0.1, 0.15) is 51.0 Å². The summed E-state index contributed by atoms with van der Waals surface area (Å²) in [6.07, 6.45) is 4.20. The van der Waals surface area contributed by atoms with E-state index < -0.39 is 0 Å². The highest BCUT2D eigenvalue weighted by atomic mass is 16.5. The Morgan fingerprint density at radius 3 is 2.18 bits per heavy atom. The number of rotatable bonds is 9. The SMILES string of the molecule is CC(=NO)c1ccc(N2CCN(C(=O)CCCCCCC(=O)NO)CC2)cc1. The summed E-state index contributed by atoms with van der Waals surface area (Å²) in [4.78, 5) is 27.4. The molecule has 1 saturated heterocycles. The van der Waals surface area contributed by atoms with E-state index in [-0.39, 0.29) is 11.8 Å². The molecule has 0 aromatic heterocycles. The van der Waals surface area contributed by atoms with Crippen molar-refractivity contribution >= 4 is 23.2 Å². The average Bonchev–Trinajstić information content (AvgIpc) is 2.75. The molecule has 1 aromatic carbocycles. The van der Waals surface area contributed by atoms with Gasteiger partial charge in [0.25, 0.3) is 0 Å². The number of carbonyl (C=O) groups excluding carboxylic acids is 2. The Bertz CT molecular complexity index is 667. The highest BCUT2D eigenvalue weighted by Gasteiger charge is 2.20. The fraction of sp³-hybridized carbons (Fsp3) is 0.550. The van der Waals surface area contributed by atoms with Crippen molar-refractivity contribution in [3.63, 3.8) is 0 Å². The van der Waals surface area contributed by atoms with E-state index in [1.165, 1.54) is 0 Å². The van der Waals surface area contributed by atoms with E-state index in [2.05, 4.69) is 10.1 Å². The van der Waals surface area contributed by atoms with Crippen molar-refractivity contribution in [1.82, 2.24) is 10.4 Å². The van der Waals surface area contributed by atoms with Crippen molar-refractivity contribution < 1.29 is 20.0 Å². The second kappa shape index (κ2) is 11.3. The largest absolute Gasteiger partial charge is 0.411 e. The minimum Gasteiger partial charge on any atom is -0.411 e. The van der Waals surface area contributed by atoms with E-state index >= 15 is 0 Å². The molecule has 1 aromatic rings. The molecule has 8 heteroatoms. The van der Waals surface area contributed by atoms with Gasteiger partial charge in [-0.15, -0.1) is 0 Å². The summed E-state index contributed by atoms with van der Waals surface area (Å²) in [5.41, 5.74) is 4.20. The normalized spacial score (nSPS) is 14.9. The first-order valence-corrected chi connectivity index (χ1v) is 9.80. The van der Waals surface area contributed by atoms with Crippen LogP contribution in [0.25, 0.3) is 0 Å². The minimum atomic E-state index is -0.361. The molecule has 8 nitrogen and oxygen atoms in total. The summed E-state index contributed by atoms with van der Waals surface area (Å²) in [6, 6.07) is 7.90. The molecule has 2 rings (SSSR count). The number of unbranched alkanes of at least 4 members (excludes halogenated alkanes) is 3. The smallest absolute Gasteiger partial charge is 0.243 e. The van der Waals surface area contributed by atoms with Crippen molar-refractivity contribution in [2.45, 2.75) is 45.4 Å². The van der Waals surface area contributed by atoms with Crippen LogP contribution in [0.5, 0.6) is 0 Å². The fourth-order valence-electron chi connectivity index (χ4n) is 3.31. The first-order chi connectivity index (χ1) is 13.5. The number of hydrogen-bond donors (Lipinski definition) is 3. The molecule has 154 valence electrons. The zero-order valence-electron chi connectivity index (χ0n) is 16.4. The molecular weight excluding hydrogens is 360 g/mol. The summed E-state index contributed by atoms with van der Waals surface area (Å²) < 4.78 is 0. The number of anilines is 1. The number of nitrogens with zero attached hydrogens (tertiary/aromatic N) is 3. The van der Waals surface area contributed by atoms with Gasteiger partial charge in [-0.3, -0.25) is 14.8 Å². The summed E-state index contributed by atoms with van der Waals surface area (Å²) in [5, 5.41) is 20.5. The van der Waals surface area contributed by atoms with Crippen molar-refractivity contribution in [2.75, 3.05) is 31.1 Å². The zero-order valence-corrected chi connectivity index (χ0v) is 16.4. The van der Waals surface area contributed by atoms with E-state index in [4.69, 9.17) is 10.4 Å². The maximum absolute atomic E-state index is 12.4. The third kappa shape index (κ3) is 6.53. The maximum Gasteiger partial charge on any atom is 0.243 e. The van der Waals surface area contributed by atoms with Crippen LogP contribution in [0.2, 0.25) is 0 Å². The van der Waals surface area contributed by atoms with Gasteiger partial charge in [-0.1, -0.05) is 30.1 Å². The van der Waals surface area contributed by atoms with Gasteiger partial charge in [-0.25, -0.2) is 5.48 Å². The monoisotopic (exact) mass is 390 g/mol. The molecule has 1 aliphatic rings. The predicted octanol–water partition coefficient (Wildman–Crippen LogP) is 2.38. The van der Waals surface area contributed by atoms with Crippen LogP contribution < -0.4 is 10.4 Å². The lowest BCUT2D eigenvalue weighted by Crippen LogP contribution is -2.48. The minimum absolute atomic E-state index is 0.192. The van der Waals surface area contributed by atoms with Gasteiger partial charge in [0.1, 0.15) is 0 Å². The molecule has 0 spiro atoms. The number of amides is 2. The second-order valence-corrected chi connectivity index (χ2v) is 7.05. The van der Waals surface area contributed by atoms with Crippen molar-refractivity contribution in [3.8, 4) is 0 Å². The molecule has 0 aliphatic carbocycles.